The molecule has 2 heterocycles. The van der Waals surface area contributed by atoms with Gasteiger partial charge in [0.15, 0.2) is 5.82 Å². The van der Waals surface area contributed by atoms with Crippen molar-refractivity contribution in [2.45, 2.75) is 32.1 Å². The third kappa shape index (κ3) is 4.59. The number of benzene rings is 1. The maximum absolute atomic E-state index is 13.5. The summed E-state index contributed by atoms with van der Waals surface area (Å²) in [4.78, 5) is 20.1. The van der Waals surface area contributed by atoms with Crippen molar-refractivity contribution in [3.8, 4) is 0 Å². The molecule has 0 aliphatic carbocycles. The van der Waals surface area contributed by atoms with Crippen LogP contribution in [0.15, 0.2) is 29.5 Å². The van der Waals surface area contributed by atoms with Gasteiger partial charge in [-0.2, -0.15) is 0 Å². The SMILES string of the molecule is NC1NC=Nc2c1ncn2CCCCOC(=O)NCc1c(F)cccc1F. The van der Waals surface area contributed by atoms with Crippen molar-refractivity contribution in [2.75, 3.05) is 6.61 Å². The van der Waals surface area contributed by atoms with Crippen LogP contribution in [0.25, 0.3) is 0 Å². The molecular formula is C17H20F2N6O2. The van der Waals surface area contributed by atoms with Gasteiger partial charge in [0.05, 0.1) is 25.8 Å². The highest BCUT2D eigenvalue weighted by atomic mass is 19.1. The number of alkyl carbamates (subject to hydrolysis) is 1. The molecule has 1 aromatic carbocycles. The average molecular weight is 378 g/mol. The van der Waals surface area contributed by atoms with E-state index in [1.165, 1.54) is 12.4 Å². The maximum Gasteiger partial charge on any atom is 0.407 e. The van der Waals surface area contributed by atoms with Crippen LogP contribution >= 0.6 is 0 Å². The number of aromatic nitrogens is 2. The van der Waals surface area contributed by atoms with E-state index in [1.807, 2.05) is 4.57 Å². The summed E-state index contributed by atoms with van der Waals surface area (Å²) in [6.07, 6.45) is 3.46. The zero-order valence-electron chi connectivity index (χ0n) is 14.5. The van der Waals surface area contributed by atoms with Gasteiger partial charge in [0.1, 0.15) is 23.5 Å². The van der Waals surface area contributed by atoms with Crippen LogP contribution in [-0.4, -0.2) is 28.6 Å². The van der Waals surface area contributed by atoms with E-state index >= 15 is 0 Å². The van der Waals surface area contributed by atoms with Crippen molar-refractivity contribution in [3.63, 3.8) is 0 Å². The molecule has 2 aromatic rings. The molecule has 0 spiro atoms. The molecule has 4 N–H and O–H groups in total. The second-order valence-electron chi connectivity index (χ2n) is 5.95. The van der Waals surface area contributed by atoms with Crippen molar-refractivity contribution in [2.24, 2.45) is 10.7 Å². The van der Waals surface area contributed by atoms with Crippen LogP contribution in [0.4, 0.5) is 19.4 Å². The Labute approximate surface area is 154 Å². The monoisotopic (exact) mass is 378 g/mol. The summed E-state index contributed by atoms with van der Waals surface area (Å²) >= 11 is 0. The third-order valence-corrected chi connectivity index (χ3v) is 4.07. The molecule has 8 nitrogen and oxygen atoms in total. The number of aryl methyl sites for hydroxylation is 1. The first-order valence-electron chi connectivity index (χ1n) is 8.49. The van der Waals surface area contributed by atoms with Crippen molar-refractivity contribution in [3.05, 3.63) is 47.4 Å². The van der Waals surface area contributed by atoms with Crippen LogP contribution in [0.3, 0.4) is 0 Å². The topological polar surface area (TPSA) is 107 Å². The number of rotatable bonds is 7. The number of fused-ring (bicyclic) bond motifs is 1. The maximum atomic E-state index is 13.5. The molecule has 3 rings (SSSR count). The molecule has 1 aliphatic rings. The van der Waals surface area contributed by atoms with E-state index in [2.05, 4.69) is 20.6 Å². The Balaban J connectivity index is 1.36. The summed E-state index contributed by atoms with van der Waals surface area (Å²) in [5, 5.41) is 5.20. The number of nitrogens with two attached hydrogens (primary N) is 1. The molecule has 1 aliphatic heterocycles. The first-order valence-corrected chi connectivity index (χ1v) is 8.49. The standard InChI is InChI=1S/C17H20F2N6O2/c18-12-4-3-5-13(19)11(12)8-21-17(26)27-7-2-1-6-25-10-24-14-15(20)22-9-23-16(14)25/h3-5,9-10,15H,1-2,6-8,20H2,(H,21,26)(H,22,23). The van der Waals surface area contributed by atoms with Crippen LogP contribution in [0.2, 0.25) is 0 Å². The molecule has 0 radical (unpaired) electrons. The number of nitrogens with one attached hydrogen (secondary N) is 2. The summed E-state index contributed by atoms with van der Waals surface area (Å²) in [5.41, 5.74) is 6.36. The number of hydrogen-bond acceptors (Lipinski definition) is 6. The third-order valence-electron chi connectivity index (χ3n) is 4.07. The lowest BCUT2D eigenvalue weighted by molar-refractivity contribution is 0.143. The number of hydrogen-bond donors (Lipinski definition) is 3. The van der Waals surface area contributed by atoms with Crippen LogP contribution in [0.5, 0.6) is 0 Å². The fraction of sp³-hybridized carbons (Fsp3) is 0.353. The Morgan fingerprint density at radius 1 is 1.33 bits per heavy atom. The largest absolute Gasteiger partial charge is 0.450 e. The smallest absolute Gasteiger partial charge is 0.407 e. The molecule has 0 saturated heterocycles. The minimum absolute atomic E-state index is 0.187. The number of halogens is 2. The molecule has 1 amide bonds. The summed E-state index contributed by atoms with van der Waals surface area (Å²) < 4.78 is 33.8. The van der Waals surface area contributed by atoms with Gasteiger partial charge in [-0.15, -0.1) is 0 Å². The van der Waals surface area contributed by atoms with E-state index in [1.54, 1.807) is 6.33 Å². The zero-order valence-corrected chi connectivity index (χ0v) is 14.5. The lowest BCUT2D eigenvalue weighted by Gasteiger charge is -2.15. The molecule has 1 aromatic heterocycles. The highest BCUT2D eigenvalue weighted by molar-refractivity contribution is 5.67. The number of aliphatic imine (C=N–C) groups is 1. The van der Waals surface area contributed by atoms with Crippen molar-refractivity contribution in [1.29, 1.82) is 0 Å². The average Bonchev–Trinajstić information content (AvgIpc) is 3.05. The molecule has 0 bridgehead atoms. The van der Waals surface area contributed by atoms with E-state index < -0.39 is 17.7 Å². The normalized spacial score (nSPS) is 15.1. The van der Waals surface area contributed by atoms with Gasteiger partial charge in [0.2, 0.25) is 0 Å². The number of carbonyl (C=O) groups is 1. The fourth-order valence-electron chi connectivity index (χ4n) is 2.63. The Bertz CT molecular complexity index is 819. The summed E-state index contributed by atoms with van der Waals surface area (Å²) in [6, 6.07) is 3.53. The number of unbranched alkanes of at least 4 members (excludes halogenated alkanes) is 1. The Morgan fingerprint density at radius 3 is 2.89 bits per heavy atom. The Hall–Kier alpha value is -3.01. The van der Waals surface area contributed by atoms with Crippen LogP contribution in [0.1, 0.15) is 30.3 Å². The predicted octanol–water partition coefficient (Wildman–Crippen LogP) is 2.09. The quantitative estimate of drug-likeness (QED) is 0.640. The Morgan fingerprint density at radius 2 is 2.11 bits per heavy atom. The van der Waals surface area contributed by atoms with Gasteiger partial charge in [0.25, 0.3) is 0 Å². The van der Waals surface area contributed by atoms with E-state index in [0.717, 1.165) is 18.6 Å². The lowest BCUT2D eigenvalue weighted by Crippen LogP contribution is -2.30. The highest BCUT2D eigenvalue weighted by Gasteiger charge is 2.18. The van der Waals surface area contributed by atoms with E-state index in [-0.39, 0.29) is 24.9 Å². The second kappa shape index (κ2) is 8.58. The van der Waals surface area contributed by atoms with Gasteiger partial charge in [-0.25, -0.2) is 23.6 Å². The fourth-order valence-corrected chi connectivity index (χ4v) is 2.63. The molecule has 10 heteroatoms. The summed E-state index contributed by atoms with van der Waals surface area (Å²) in [7, 11) is 0. The number of imidazole rings is 1. The van der Waals surface area contributed by atoms with Gasteiger partial charge in [-0.3, -0.25) is 0 Å². The van der Waals surface area contributed by atoms with Gasteiger partial charge >= 0.3 is 6.09 Å². The van der Waals surface area contributed by atoms with E-state index in [4.69, 9.17) is 10.5 Å². The molecule has 144 valence electrons. The van der Waals surface area contributed by atoms with E-state index in [9.17, 15) is 13.6 Å². The van der Waals surface area contributed by atoms with Gasteiger partial charge < -0.3 is 25.7 Å². The highest BCUT2D eigenvalue weighted by Crippen LogP contribution is 2.24. The molecular weight excluding hydrogens is 358 g/mol. The molecule has 1 atom stereocenters. The van der Waals surface area contributed by atoms with Crippen LogP contribution in [-0.2, 0) is 17.8 Å². The molecule has 0 fully saturated rings. The van der Waals surface area contributed by atoms with Crippen molar-refractivity contribution in [1.82, 2.24) is 20.2 Å². The van der Waals surface area contributed by atoms with Gasteiger partial charge in [-0.05, 0) is 25.0 Å². The molecule has 1 unspecified atom stereocenters. The summed E-state index contributed by atoms with van der Waals surface area (Å²) in [6.45, 7) is 0.565. The lowest BCUT2D eigenvalue weighted by atomic mass is 10.2. The molecule has 0 saturated carbocycles. The first-order chi connectivity index (χ1) is 13.1. The minimum atomic E-state index is -0.723. The van der Waals surface area contributed by atoms with Gasteiger partial charge in [0, 0.05) is 12.1 Å². The van der Waals surface area contributed by atoms with Crippen LogP contribution in [0, 0.1) is 11.6 Å². The van der Waals surface area contributed by atoms with Gasteiger partial charge in [-0.1, -0.05) is 6.07 Å². The number of ether oxygens (including phenoxy) is 1. The van der Waals surface area contributed by atoms with Crippen molar-refractivity contribution >= 4 is 18.2 Å². The van der Waals surface area contributed by atoms with E-state index in [0.29, 0.717) is 24.5 Å². The Kier molecular flexibility index (Phi) is 5.97. The predicted molar refractivity (Wildman–Crippen MR) is 94.2 cm³/mol. The minimum Gasteiger partial charge on any atom is -0.450 e. The summed E-state index contributed by atoms with van der Waals surface area (Å²) in [5.74, 6) is -0.708. The number of amides is 1. The number of nitrogens with zero attached hydrogens (tertiary/aromatic N) is 3. The van der Waals surface area contributed by atoms with Crippen LogP contribution < -0.4 is 16.4 Å². The zero-order chi connectivity index (χ0) is 19.2. The first kappa shape index (κ1) is 18.8. The molecule has 27 heavy (non-hydrogen) atoms. The second-order valence-corrected chi connectivity index (χ2v) is 5.95. The number of carbonyl (C=O) groups excluding carboxylic acids is 1. The van der Waals surface area contributed by atoms with Crippen molar-refractivity contribution < 1.29 is 18.3 Å².